The fraction of sp³-hybridized carbons (Fsp3) is 0.500. The van der Waals surface area contributed by atoms with Gasteiger partial charge in [-0.1, -0.05) is 12.1 Å². The molecule has 2 rings (SSSR count). The van der Waals surface area contributed by atoms with Crippen LogP contribution in [0.3, 0.4) is 0 Å². The summed E-state index contributed by atoms with van der Waals surface area (Å²) in [6.45, 7) is 3.62. The molecule has 1 aromatic rings. The number of hydrogen-bond acceptors (Lipinski definition) is 3. The van der Waals surface area contributed by atoms with Crippen LogP contribution < -0.4 is 10.2 Å². The van der Waals surface area contributed by atoms with Gasteiger partial charge in [0.2, 0.25) is 5.91 Å². The number of aliphatic hydroxyl groups excluding tert-OH is 1. The molecule has 1 fully saturated rings. The van der Waals surface area contributed by atoms with Gasteiger partial charge in [0.05, 0.1) is 0 Å². The maximum absolute atomic E-state index is 12.0. The minimum absolute atomic E-state index is 0.0167. The summed E-state index contributed by atoms with van der Waals surface area (Å²) in [4.78, 5) is 14.1. The lowest BCUT2D eigenvalue weighted by atomic mass is 10.1. The normalized spacial score (nSPS) is 20.4. The lowest BCUT2D eigenvalue weighted by Crippen LogP contribution is -2.45. The first kappa shape index (κ1) is 12.9. The largest absolute Gasteiger partial charge is 0.396 e. The first-order valence-corrected chi connectivity index (χ1v) is 6.44. The molecule has 98 valence electrons. The molecular formula is C14H20N2O2. The summed E-state index contributed by atoms with van der Waals surface area (Å²) in [5.74, 6) is 0.0167. The number of aryl methyl sites for hydroxylation is 1. The van der Waals surface area contributed by atoms with Crippen LogP contribution in [0.4, 0.5) is 5.69 Å². The number of hydrogen-bond donors (Lipinski definition) is 2. The van der Waals surface area contributed by atoms with Crippen LogP contribution >= 0.6 is 0 Å². The Morgan fingerprint density at radius 3 is 3.06 bits per heavy atom. The number of anilines is 1. The predicted molar refractivity (Wildman–Crippen MR) is 71.6 cm³/mol. The van der Waals surface area contributed by atoms with E-state index >= 15 is 0 Å². The molecule has 1 aliphatic heterocycles. The van der Waals surface area contributed by atoms with Crippen LogP contribution in [0.5, 0.6) is 0 Å². The number of nitrogens with one attached hydrogen (secondary N) is 1. The maximum atomic E-state index is 12.0. The lowest BCUT2D eigenvalue weighted by molar-refractivity contribution is -0.122. The fourth-order valence-corrected chi connectivity index (χ4v) is 2.40. The Bertz CT molecular complexity index is 420. The Labute approximate surface area is 108 Å². The molecule has 0 radical (unpaired) electrons. The van der Waals surface area contributed by atoms with Crippen LogP contribution in [-0.4, -0.2) is 36.8 Å². The van der Waals surface area contributed by atoms with Gasteiger partial charge in [-0.25, -0.2) is 0 Å². The summed E-state index contributed by atoms with van der Waals surface area (Å²) >= 11 is 0. The zero-order chi connectivity index (χ0) is 13.0. The van der Waals surface area contributed by atoms with Gasteiger partial charge in [0, 0.05) is 25.4 Å². The summed E-state index contributed by atoms with van der Waals surface area (Å²) < 4.78 is 0. The van der Waals surface area contributed by atoms with E-state index < -0.39 is 0 Å². The smallest absolute Gasteiger partial charge is 0.242 e. The van der Waals surface area contributed by atoms with Crippen LogP contribution in [0.2, 0.25) is 0 Å². The number of aliphatic hydroxyl groups is 1. The van der Waals surface area contributed by atoms with Crippen molar-refractivity contribution < 1.29 is 9.90 Å². The Morgan fingerprint density at radius 1 is 1.50 bits per heavy atom. The Kier molecular flexibility index (Phi) is 4.20. The van der Waals surface area contributed by atoms with Gasteiger partial charge in [0.25, 0.3) is 0 Å². The van der Waals surface area contributed by atoms with Crippen molar-refractivity contribution in [2.24, 2.45) is 0 Å². The SMILES string of the molecule is Cc1cccc(N2CCCNC(=O)C2CCO)c1. The molecule has 0 aliphatic carbocycles. The van der Waals surface area contributed by atoms with Gasteiger partial charge in [-0.15, -0.1) is 0 Å². The second-order valence-corrected chi connectivity index (χ2v) is 4.71. The van der Waals surface area contributed by atoms with E-state index in [1.807, 2.05) is 25.1 Å². The van der Waals surface area contributed by atoms with E-state index in [2.05, 4.69) is 16.3 Å². The van der Waals surface area contributed by atoms with Gasteiger partial charge in [-0.05, 0) is 37.5 Å². The van der Waals surface area contributed by atoms with Crippen molar-refractivity contribution in [3.8, 4) is 0 Å². The van der Waals surface area contributed by atoms with E-state index in [0.717, 1.165) is 18.7 Å². The second-order valence-electron chi connectivity index (χ2n) is 4.71. The van der Waals surface area contributed by atoms with Crippen molar-refractivity contribution in [3.05, 3.63) is 29.8 Å². The Balaban J connectivity index is 2.28. The van der Waals surface area contributed by atoms with Gasteiger partial charge in [-0.2, -0.15) is 0 Å². The van der Waals surface area contributed by atoms with Crippen molar-refractivity contribution in [2.75, 3.05) is 24.6 Å². The zero-order valence-electron chi connectivity index (χ0n) is 10.7. The third-order valence-corrected chi connectivity index (χ3v) is 3.29. The molecule has 18 heavy (non-hydrogen) atoms. The van der Waals surface area contributed by atoms with Crippen LogP contribution in [0.25, 0.3) is 0 Å². The van der Waals surface area contributed by atoms with E-state index in [9.17, 15) is 4.79 Å². The van der Waals surface area contributed by atoms with Gasteiger partial charge in [0.15, 0.2) is 0 Å². The van der Waals surface area contributed by atoms with E-state index in [1.54, 1.807) is 0 Å². The molecule has 1 heterocycles. The minimum atomic E-state index is -0.265. The molecular weight excluding hydrogens is 228 g/mol. The molecule has 0 saturated carbocycles. The van der Waals surface area contributed by atoms with Crippen LogP contribution in [0.1, 0.15) is 18.4 Å². The third kappa shape index (κ3) is 2.82. The van der Waals surface area contributed by atoms with Crippen molar-refractivity contribution >= 4 is 11.6 Å². The zero-order valence-corrected chi connectivity index (χ0v) is 10.7. The lowest BCUT2D eigenvalue weighted by Gasteiger charge is -2.30. The topological polar surface area (TPSA) is 52.6 Å². The summed E-state index contributed by atoms with van der Waals surface area (Å²) in [7, 11) is 0. The molecule has 1 aliphatic rings. The average molecular weight is 248 g/mol. The number of rotatable bonds is 3. The number of carbonyl (C=O) groups is 1. The molecule has 2 N–H and O–H groups in total. The molecule has 1 atom stereocenters. The van der Waals surface area contributed by atoms with E-state index in [-0.39, 0.29) is 18.6 Å². The molecule has 0 spiro atoms. The average Bonchev–Trinajstić information content (AvgIpc) is 2.53. The summed E-state index contributed by atoms with van der Waals surface area (Å²) in [5, 5.41) is 12.0. The molecule has 1 aromatic carbocycles. The highest BCUT2D eigenvalue weighted by Gasteiger charge is 2.27. The van der Waals surface area contributed by atoms with Crippen molar-refractivity contribution in [3.63, 3.8) is 0 Å². The summed E-state index contributed by atoms with van der Waals surface area (Å²) in [6, 6.07) is 7.89. The third-order valence-electron chi connectivity index (χ3n) is 3.29. The fourth-order valence-electron chi connectivity index (χ4n) is 2.40. The number of amides is 1. The van der Waals surface area contributed by atoms with Gasteiger partial charge >= 0.3 is 0 Å². The highest BCUT2D eigenvalue weighted by atomic mass is 16.3. The monoisotopic (exact) mass is 248 g/mol. The van der Waals surface area contributed by atoms with Gasteiger partial charge in [0.1, 0.15) is 6.04 Å². The standard InChI is InChI=1S/C14H20N2O2/c1-11-4-2-5-12(10-11)16-8-3-7-15-14(18)13(16)6-9-17/h2,4-5,10,13,17H,3,6-9H2,1H3,(H,15,18). The Morgan fingerprint density at radius 2 is 2.33 bits per heavy atom. The van der Waals surface area contributed by atoms with Crippen LogP contribution in [0.15, 0.2) is 24.3 Å². The van der Waals surface area contributed by atoms with Crippen molar-refractivity contribution in [1.82, 2.24) is 5.32 Å². The molecule has 1 unspecified atom stereocenters. The molecule has 4 heteroatoms. The highest BCUT2D eigenvalue weighted by molar-refractivity contribution is 5.85. The predicted octanol–water partition coefficient (Wildman–Crippen LogP) is 1.07. The quantitative estimate of drug-likeness (QED) is 0.841. The van der Waals surface area contributed by atoms with E-state index in [0.29, 0.717) is 13.0 Å². The molecule has 4 nitrogen and oxygen atoms in total. The van der Waals surface area contributed by atoms with Gasteiger partial charge < -0.3 is 15.3 Å². The minimum Gasteiger partial charge on any atom is -0.396 e. The first-order valence-electron chi connectivity index (χ1n) is 6.44. The van der Waals surface area contributed by atoms with E-state index in [1.165, 1.54) is 5.56 Å². The molecule has 1 saturated heterocycles. The molecule has 1 amide bonds. The molecule has 0 bridgehead atoms. The van der Waals surface area contributed by atoms with Crippen LogP contribution in [0, 0.1) is 6.92 Å². The number of nitrogens with zero attached hydrogens (tertiary/aromatic N) is 1. The van der Waals surface area contributed by atoms with Crippen LogP contribution in [-0.2, 0) is 4.79 Å². The van der Waals surface area contributed by atoms with Crippen molar-refractivity contribution in [2.45, 2.75) is 25.8 Å². The molecule has 0 aromatic heterocycles. The first-order chi connectivity index (χ1) is 8.72. The summed E-state index contributed by atoms with van der Waals surface area (Å²) in [5.41, 5.74) is 2.24. The highest BCUT2D eigenvalue weighted by Crippen LogP contribution is 2.21. The number of benzene rings is 1. The Hall–Kier alpha value is -1.55. The number of carbonyl (C=O) groups excluding carboxylic acids is 1. The van der Waals surface area contributed by atoms with Crippen molar-refractivity contribution in [1.29, 1.82) is 0 Å². The van der Waals surface area contributed by atoms with E-state index in [4.69, 9.17) is 5.11 Å². The second kappa shape index (κ2) is 5.87. The maximum Gasteiger partial charge on any atom is 0.242 e. The summed E-state index contributed by atoms with van der Waals surface area (Å²) in [6.07, 6.45) is 1.40. The van der Waals surface area contributed by atoms with Gasteiger partial charge in [-0.3, -0.25) is 4.79 Å².